The Morgan fingerprint density at radius 1 is 0.840 bits per heavy atom. The number of anilines is 2. The lowest BCUT2D eigenvalue weighted by molar-refractivity contribution is -0.124. The van der Waals surface area contributed by atoms with E-state index in [9.17, 15) is 14.4 Å². The van der Waals surface area contributed by atoms with Crippen molar-refractivity contribution in [2.75, 3.05) is 10.6 Å². The zero-order valence-corrected chi connectivity index (χ0v) is 15.9. The highest BCUT2D eigenvalue weighted by Crippen LogP contribution is 2.27. The van der Waals surface area contributed by atoms with Gasteiger partial charge in [-0.25, -0.2) is 0 Å². The molecule has 0 aliphatic carbocycles. The van der Waals surface area contributed by atoms with Crippen LogP contribution in [0.25, 0.3) is 0 Å². The molecular weight excluding hydrogens is 318 g/mol. The number of carbonyl (C=O) groups is 3. The van der Waals surface area contributed by atoms with Gasteiger partial charge < -0.3 is 16.4 Å². The van der Waals surface area contributed by atoms with Gasteiger partial charge in [-0.2, -0.15) is 0 Å². The van der Waals surface area contributed by atoms with E-state index in [0.29, 0.717) is 24.2 Å². The van der Waals surface area contributed by atoms with Gasteiger partial charge in [0.1, 0.15) is 0 Å². The van der Waals surface area contributed by atoms with Gasteiger partial charge in [0.2, 0.25) is 17.7 Å². The number of amides is 3. The molecule has 6 nitrogen and oxygen atoms in total. The Balaban J connectivity index is 3.16. The molecule has 0 bridgehead atoms. The molecule has 0 aliphatic heterocycles. The standard InChI is InChI=1S/C19H29N3O3/c1-7-18(3,4)16(24)21-13-9-12(15(20)23)10-14(11-13)22-17(25)19(5,6)8-2/h9-11H,7-8H2,1-6H3,(H2,20,23)(H,21,24)(H,22,25). The maximum Gasteiger partial charge on any atom is 0.248 e. The van der Waals surface area contributed by atoms with Crippen LogP contribution in [-0.2, 0) is 9.59 Å². The molecule has 25 heavy (non-hydrogen) atoms. The first-order valence-electron chi connectivity index (χ1n) is 8.50. The number of benzene rings is 1. The van der Waals surface area contributed by atoms with E-state index in [0.717, 1.165) is 0 Å². The second-order valence-electron chi connectivity index (χ2n) is 7.55. The van der Waals surface area contributed by atoms with Crippen molar-refractivity contribution in [1.29, 1.82) is 0 Å². The fraction of sp³-hybridized carbons (Fsp3) is 0.526. The van der Waals surface area contributed by atoms with E-state index in [1.165, 1.54) is 12.1 Å². The van der Waals surface area contributed by atoms with Crippen LogP contribution in [0.4, 0.5) is 11.4 Å². The van der Waals surface area contributed by atoms with E-state index in [1.807, 2.05) is 41.5 Å². The summed E-state index contributed by atoms with van der Waals surface area (Å²) in [6.45, 7) is 11.2. The SMILES string of the molecule is CCC(C)(C)C(=O)Nc1cc(NC(=O)C(C)(C)CC)cc(C(N)=O)c1. The van der Waals surface area contributed by atoms with Crippen molar-refractivity contribution in [2.45, 2.75) is 54.4 Å². The van der Waals surface area contributed by atoms with Crippen molar-refractivity contribution in [1.82, 2.24) is 0 Å². The molecule has 1 aromatic rings. The largest absolute Gasteiger partial charge is 0.366 e. The molecule has 0 unspecified atom stereocenters. The average Bonchev–Trinajstić information content (AvgIpc) is 2.54. The van der Waals surface area contributed by atoms with Crippen LogP contribution in [0.1, 0.15) is 64.7 Å². The van der Waals surface area contributed by atoms with Crippen LogP contribution in [-0.4, -0.2) is 17.7 Å². The number of primary amides is 1. The van der Waals surface area contributed by atoms with Crippen LogP contribution in [0, 0.1) is 10.8 Å². The van der Waals surface area contributed by atoms with Gasteiger partial charge in [-0.1, -0.05) is 41.5 Å². The van der Waals surface area contributed by atoms with Crippen molar-refractivity contribution in [2.24, 2.45) is 16.6 Å². The maximum atomic E-state index is 12.4. The molecule has 0 fully saturated rings. The molecule has 0 saturated heterocycles. The van der Waals surface area contributed by atoms with Crippen LogP contribution < -0.4 is 16.4 Å². The zero-order chi connectivity index (χ0) is 19.4. The van der Waals surface area contributed by atoms with Gasteiger partial charge in [-0.15, -0.1) is 0 Å². The average molecular weight is 347 g/mol. The number of rotatable bonds is 7. The highest BCUT2D eigenvalue weighted by Gasteiger charge is 2.27. The van der Waals surface area contributed by atoms with Crippen LogP contribution in [0.15, 0.2) is 18.2 Å². The van der Waals surface area contributed by atoms with Gasteiger partial charge in [0.05, 0.1) is 0 Å². The molecule has 0 aliphatic rings. The number of nitrogens with one attached hydrogen (secondary N) is 2. The van der Waals surface area contributed by atoms with Gasteiger partial charge in [0.15, 0.2) is 0 Å². The normalized spacial score (nSPS) is 11.8. The second kappa shape index (κ2) is 7.68. The summed E-state index contributed by atoms with van der Waals surface area (Å²) in [5.74, 6) is -0.957. The van der Waals surface area contributed by atoms with Gasteiger partial charge in [0, 0.05) is 27.8 Å². The van der Waals surface area contributed by atoms with E-state index in [4.69, 9.17) is 5.73 Å². The summed E-state index contributed by atoms with van der Waals surface area (Å²) in [5, 5.41) is 5.59. The van der Waals surface area contributed by atoms with Crippen molar-refractivity contribution < 1.29 is 14.4 Å². The third-order valence-corrected chi connectivity index (χ3v) is 4.73. The minimum Gasteiger partial charge on any atom is -0.366 e. The van der Waals surface area contributed by atoms with Gasteiger partial charge in [-0.3, -0.25) is 14.4 Å². The van der Waals surface area contributed by atoms with Gasteiger partial charge in [0.25, 0.3) is 0 Å². The number of hydrogen-bond donors (Lipinski definition) is 3. The Kier molecular flexibility index (Phi) is 6.35. The highest BCUT2D eigenvalue weighted by molar-refractivity contribution is 6.01. The fourth-order valence-corrected chi connectivity index (χ4v) is 1.84. The predicted molar refractivity (Wildman–Crippen MR) is 100 cm³/mol. The van der Waals surface area contributed by atoms with E-state index in [-0.39, 0.29) is 17.4 Å². The summed E-state index contributed by atoms with van der Waals surface area (Å²) in [6, 6.07) is 4.64. The molecule has 0 heterocycles. The Morgan fingerprint density at radius 3 is 1.48 bits per heavy atom. The van der Waals surface area contributed by atoms with E-state index >= 15 is 0 Å². The van der Waals surface area contributed by atoms with Crippen molar-refractivity contribution in [3.8, 4) is 0 Å². The molecule has 1 rings (SSSR count). The van der Waals surface area contributed by atoms with E-state index in [2.05, 4.69) is 10.6 Å². The van der Waals surface area contributed by atoms with Crippen LogP contribution >= 0.6 is 0 Å². The third kappa shape index (κ3) is 5.31. The quantitative estimate of drug-likeness (QED) is 0.703. The molecule has 138 valence electrons. The Bertz CT molecular complexity index is 630. The topological polar surface area (TPSA) is 101 Å². The van der Waals surface area contributed by atoms with Crippen LogP contribution in [0.2, 0.25) is 0 Å². The molecule has 0 spiro atoms. The molecule has 0 radical (unpaired) electrons. The van der Waals surface area contributed by atoms with Gasteiger partial charge >= 0.3 is 0 Å². The maximum absolute atomic E-state index is 12.4. The molecule has 4 N–H and O–H groups in total. The number of nitrogens with two attached hydrogens (primary N) is 1. The number of hydrogen-bond acceptors (Lipinski definition) is 3. The summed E-state index contributed by atoms with van der Waals surface area (Å²) in [7, 11) is 0. The first-order chi connectivity index (χ1) is 11.4. The second-order valence-corrected chi connectivity index (χ2v) is 7.55. The van der Waals surface area contributed by atoms with E-state index < -0.39 is 16.7 Å². The Morgan fingerprint density at radius 2 is 1.20 bits per heavy atom. The highest BCUT2D eigenvalue weighted by atomic mass is 16.2. The summed E-state index contributed by atoms with van der Waals surface area (Å²) in [4.78, 5) is 36.3. The summed E-state index contributed by atoms with van der Waals surface area (Å²) >= 11 is 0. The predicted octanol–water partition coefficient (Wildman–Crippen LogP) is 3.53. The summed E-state index contributed by atoms with van der Waals surface area (Å²) < 4.78 is 0. The van der Waals surface area contributed by atoms with Gasteiger partial charge in [-0.05, 0) is 31.0 Å². The molecule has 3 amide bonds. The fourth-order valence-electron chi connectivity index (χ4n) is 1.84. The number of carbonyl (C=O) groups excluding carboxylic acids is 3. The minimum atomic E-state index is -0.629. The minimum absolute atomic E-state index is 0.164. The molecule has 0 saturated carbocycles. The molecule has 1 aromatic carbocycles. The van der Waals surface area contributed by atoms with Crippen molar-refractivity contribution in [3.05, 3.63) is 23.8 Å². The lowest BCUT2D eigenvalue weighted by Crippen LogP contribution is -2.31. The molecule has 6 heteroatoms. The monoisotopic (exact) mass is 347 g/mol. The Labute approximate surface area is 149 Å². The van der Waals surface area contributed by atoms with E-state index in [1.54, 1.807) is 6.07 Å². The Hall–Kier alpha value is -2.37. The zero-order valence-electron chi connectivity index (χ0n) is 15.9. The lowest BCUT2D eigenvalue weighted by atomic mass is 9.89. The smallest absolute Gasteiger partial charge is 0.248 e. The molecule has 0 atom stereocenters. The van der Waals surface area contributed by atoms with Crippen molar-refractivity contribution >= 4 is 29.1 Å². The first-order valence-corrected chi connectivity index (χ1v) is 8.50. The van der Waals surface area contributed by atoms with Crippen molar-refractivity contribution in [3.63, 3.8) is 0 Å². The lowest BCUT2D eigenvalue weighted by Gasteiger charge is -2.23. The summed E-state index contributed by atoms with van der Waals surface area (Å²) in [6.07, 6.45) is 1.34. The summed E-state index contributed by atoms with van der Waals surface area (Å²) in [5.41, 5.74) is 5.35. The molecule has 0 aromatic heterocycles. The van der Waals surface area contributed by atoms with Crippen LogP contribution in [0.5, 0.6) is 0 Å². The first kappa shape index (κ1) is 20.7. The third-order valence-electron chi connectivity index (χ3n) is 4.73. The molecular formula is C19H29N3O3. The van der Waals surface area contributed by atoms with Crippen LogP contribution in [0.3, 0.4) is 0 Å².